The summed E-state index contributed by atoms with van der Waals surface area (Å²) in [6, 6.07) is 9.59. The highest BCUT2D eigenvalue weighted by atomic mass is 19.1. The van der Waals surface area contributed by atoms with E-state index in [0.717, 1.165) is 12.1 Å². The second kappa shape index (κ2) is 7.86. The molecule has 2 aromatic rings. The lowest BCUT2D eigenvalue weighted by molar-refractivity contribution is -0.114. The Morgan fingerprint density at radius 2 is 1.94 bits per heavy atom. The summed E-state index contributed by atoms with van der Waals surface area (Å²) in [7, 11) is 1.40. The number of carbonyl (C=O) groups is 2. The Bertz CT molecular complexity index is 1200. The summed E-state index contributed by atoms with van der Waals surface area (Å²) >= 11 is 0. The lowest BCUT2D eigenvalue weighted by atomic mass is 10.1. The van der Waals surface area contributed by atoms with Gasteiger partial charge in [0.25, 0.3) is 5.91 Å². The van der Waals surface area contributed by atoms with Crippen molar-refractivity contribution < 1.29 is 28.3 Å². The number of carbonyl (C=O) groups excluding carboxylic acids is 2. The van der Waals surface area contributed by atoms with Gasteiger partial charge in [0.05, 0.1) is 18.2 Å². The van der Waals surface area contributed by atoms with Crippen LogP contribution in [0.3, 0.4) is 0 Å². The number of nitrogens with zero attached hydrogens (tertiary/aromatic N) is 2. The number of hydroxylamine groups is 2. The zero-order valence-electron chi connectivity index (χ0n) is 16.5. The van der Waals surface area contributed by atoms with Gasteiger partial charge in [0.1, 0.15) is 11.6 Å². The molecular weight excluding hydrogens is 405 g/mol. The van der Waals surface area contributed by atoms with Crippen molar-refractivity contribution in [1.29, 1.82) is 5.41 Å². The van der Waals surface area contributed by atoms with E-state index in [9.17, 15) is 14.0 Å². The number of hydrogen-bond donors (Lipinski definition) is 1. The summed E-state index contributed by atoms with van der Waals surface area (Å²) in [6.45, 7) is 1.69. The molecule has 0 fully saturated rings. The number of nitrogens with one attached hydrogen (secondary N) is 1. The molecule has 2 aliphatic rings. The molecule has 0 atom stereocenters. The average molecular weight is 421 g/mol. The first-order chi connectivity index (χ1) is 14.9. The van der Waals surface area contributed by atoms with Crippen molar-refractivity contribution >= 4 is 29.6 Å². The molecule has 8 nitrogen and oxygen atoms in total. The number of rotatable bonds is 4. The van der Waals surface area contributed by atoms with E-state index in [-0.39, 0.29) is 34.3 Å². The zero-order chi connectivity index (χ0) is 22.1. The third-order valence-corrected chi connectivity index (χ3v) is 4.46. The minimum Gasteiger partial charge on any atom is -0.493 e. The van der Waals surface area contributed by atoms with Crippen LogP contribution in [-0.2, 0) is 9.63 Å². The first kappa shape index (κ1) is 20.0. The van der Waals surface area contributed by atoms with Crippen LogP contribution >= 0.6 is 0 Å². The number of aliphatic imine (C=N–C) groups is 1. The lowest BCUT2D eigenvalue weighted by Crippen LogP contribution is -2.38. The smallest absolute Gasteiger partial charge is 0.343 e. The molecule has 2 aromatic carbocycles. The number of esters is 1. The Labute approximate surface area is 176 Å². The van der Waals surface area contributed by atoms with Gasteiger partial charge in [-0.25, -0.2) is 9.18 Å². The van der Waals surface area contributed by atoms with Crippen LogP contribution in [0.1, 0.15) is 22.8 Å². The topological polar surface area (TPSA) is 101 Å². The van der Waals surface area contributed by atoms with E-state index in [1.54, 1.807) is 25.1 Å². The summed E-state index contributed by atoms with van der Waals surface area (Å²) in [6.07, 6.45) is 3.03. The van der Waals surface area contributed by atoms with Gasteiger partial charge in [-0.05, 0) is 55.0 Å². The van der Waals surface area contributed by atoms with Crippen LogP contribution < -0.4 is 9.47 Å². The van der Waals surface area contributed by atoms with Crippen LogP contribution in [0, 0.1) is 11.2 Å². The first-order valence-electron chi connectivity index (χ1n) is 9.11. The Kier molecular flexibility index (Phi) is 5.08. The van der Waals surface area contributed by atoms with Crippen LogP contribution in [0.5, 0.6) is 11.5 Å². The number of fused-ring (bicyclic) bond motifs is 1. The molecule has 2 heterocycles. The quantitative estimate of drug-likeness (QED) is 0.461. The number of hydrogen-bond acceptors (Lipinski definition) is 6. The third-order valence-electron chi connectivity index (χ3n) is 4.46. The predicted molar refractivity (Wildman–Crippen MR) is 109 cm³/mol. The van der Waals surface area contributed by atoms with E-state index in [1.165, 1.54) is 36.4 Å². The Hall–Kier alpha value is -4.27. The zero-order valence-corrected chi connectivity index (χ0v) is 16.5. The van der Waals surface area contributed by atoms with E-state index in [1.807, 2.05) is 0 Å². The standard InChI is InChI=1S/C22H16FN3O5/c1-12-9-19-25-21(27)16(20(24)26(19)31-12)10-13-3-8-17(18(11-13)29-2)30-22(28)14-4-6-15(23)7-5-14/h3-11,24H,1-2H3/b16-10+,24-20?. The number of ether oxygens (including phenoxy) is 2. The molecule has 0 saturated carbocycles. The molecular formula is C22H16FN3O5. The molecule has 31 heavy (non-hydrogen) atoms. The molecule has 2 aliphatic heterocycles. The van der Waals surface area contributed by atoms with Gasteiger partial charge >= 0.3 is 5.97 Å². The number of halogens is 1. The summed E-state index contributed by atoms with van der Waals surface area (Å²) in [5, 5.41) is 9.42. The maximum atomic E-state index is 13.0. The van der Waals surface area contributed by atoms with Crippen molar-refractivity contribution in [2.24, 2.45) is 4.99 Å². The van der Waals surface area contributed by atoms with Crippen molar-refractivity contribution in [1.82, 2.24) is 5.06 Å². The van der Waals surface area contributed by atoms with Gasteiger partial charge < -0.3 is 14.3 Å². The fraction of sp³-hybridized carbons (Fsp3) is 0.0909. The van der Waals surface area contributed by atoms with E-state index < -0.39 is 17.7 Å². The Morgan fingerprint density at radius 3 is 2.65 bits per heavy atom. The third kappa shape index (κ3) is 3.93. The molecule has 0 radical (unpaired) electrons. The molecule has 0 spiro atoms. The van der Waals surface area contributed by atoms with Crippen LogP contribution in [0.25, 0.3) is 6.08 Å². The van der Waals surface area contributed by atoms with E-state index >= 15 is 0 Å². The monoisotopic (exact) mass is 421 g/mol. The van der Waals surface area contributed by atoms with Gasteiger partial charge in [-0.15, -0.1) is 5.06 Å². The average Bonchev–Trinajstić information content (AvgIpc) is 3.12. The summed E-state index contributed by atoms with van der Waals surface area (Å²) in [5.74, 6) is -0.700. The van der Waals surface area contributed by atoms with Crippen LogP contribution in [-0.4, -0.2) is 35.7 Å². The second-order valence-corrected chi connectivity index (χ2v) is 6.63. The summed E-state index contributed by atoms with van der Waals surface area (Å²) in [4.78, 5) is 34.0. The van der Waals surface area contributed by atoms with Crippen LogP contribution in [0.15, 0.2) is 64.9 Å². The fourth-order valence-corrected chi connectivity index (χ4v) is 2.97. The highest BCUT2D eigenvalue weighted by Crippen LogP contribution is 2.31. The van der Waals surface area contributed by atoms with Crippen molar-refractivity contribution in [3.05, 3.63) is 76.8 Å². The molecule has 4 rings (SSSR count). The molecule has 156 valence electrons. The first-order valence-corrected chi connectivity index (χ1v) is 9.11. The van der Waals surface area contributed by atoms with Crippen LogP contribution in [0.2, 0.25) is 0 Å². The molecule has 9 heteroatoms. The lowest BCUT2D eigenvalue weighted by Gasteiger charge is -2.23. The van der Waals surface area contributed by atoms with Crippen molar-refractivity contribution in [3.63, 3.8) is 0 Å². The minimum absolute atomic E-state index is 0.0324. The van der Waals surface area contributed by atoms with E-state index in [4.69, 9.17) is 19.7 Å². The minimum atomic E-state index is -0.676. The molecule has 0 unspecified atom stereocenters. The van der Waals surface area contributed by atoms with Gasteiger partial charge in [0.15, 0.2) is 23.2 Å². The highest BCUT2D eigenvalue weighted by molar-refractivity contribution is 6.32. The maximum absolute atomic E-state index is 13.0. The van der Waals surface area contributed by atoms with Gasteiger partial charge in [-0.1, -0.05) is 6.07 Å². The molecule has 1 amide bonds. The molecule has 0 saturated heterocycles. The molecule has 0 bridgehead atoms. The van der Waals surface area contributed by atoms with Crippen molar-refractivity contribution in [2.45, 2.75) is 6.92 Å². The summed E-state index contributed by atoms with van der Waals surface area (Å²) < 4.78 is 23.7. The maximum Gasteiger partial charge on any atom is 0.343 e. The van der Waals surface area contributed by atoms with Crippen molar-refractivity contribution in [2.75, 3.05) is 7.11 Å². The molecule has 0 aromatic heterocycles. The molecule has 0 aliphatic carbocycles. The predicted octanol–water partition coefficient (Wildman–Crippen LogP) is 3.50. The van der Waals surface area contributed by atoms with Gasteiger partial charge in [0, 0.05) is 6.08 Å². The van der Waals surface area contributed by atoms with Gasteiger partial charge in [0.2, 0.25) is 0 Å². The highest BCUT2D eigenvalue weighted by Gasteiger charge is 2.34. The Morgan fingerprint density at radius 1 is 1.19 bits per heavy atom. The number of benzene rings is 2. The number of amides is 1. The van der Waals surface area contributed by atoms with Gasteiger partial charge in [-0.3, -0.25) is 10.2 Å². The fourth-order valence-electron chi connectivity index (χ4n) is 2.97. The van der Waals surface area contributed by atoms with E-state index in [0.29, 0.717) is 11.3 Å². The van der Waals surface area contributed by atoms with Crippen LogP contribution in [0.4, 0.5) is 4.39 Å². The molecule has 1 N–H and O–H groups in total. The normalized spacial score (nSPS) is 16.5. The van der Waals surface area contributed by atoms with E-state index in [2.05, 4.69) is 4.99 Å². The van der Waals surface area contributed by atoms with Gasteiger partial charge in [-0.2, -0.15) is 4.99 Å². The number of allylic oxidation sites excluding steroid dienone is 1. The number of methoxy groups -OCH3 is 1. The second-order valence-electron chi connectivity index (χ2n) is 6.63. The number of amidine groups is 2. The summed E-state index contributed by atoms with van der Waals surface area (Å²) in [5.41, 5.74) is 0.734. The largest absolute Gasteiger partial charge is 0.493 e. The van der Waals surface area contributed by atoms with Crippen molar-refractivity contribution in [3.8, 4) is 11.5 Å². The Balaban J connectivity index is 1.58. The SMILES string of the molecule is COc1cc(/C=C2\C(=N)N3OC(C)=CC3=NC2=O)ccc1OC(=O)c1ccc(F)cc1.